The number of aromatic nitrogens is 1. The molecule has 4 heteroatoms. The lowest BCUT2D eigenvalue weighted by atomic mass is 10.1. The van der Waals surface area contributed by atoms with Gasteiger partial charge >= 0.3 is 0 Å². The van der Waals surface area contributed by atoms with Gasteiger partial charge in [-0.3, -0.25) is 0 Å². The molecule has 0 atom stereocenters. The van der Waals surface area contributed by atoms with Crippen molar-refractivity contribution >= 4 is 32.5 Å². The summed E-state index contributed by atoms with van der Waals surface area (Å²) >= 11 is 3.47. The Labute approximate surface area is 151 Å². The van der Waals surface area contributed by atoms with Crippen molar-refractivity contribution < 1.29 is 0 Å². The molecular formula is C20H22BrN3. The minimum absolute atomic E-state index is 0.982. The van der Waals surface area contributed by atoms with E-state index in [1.165, 1.54) is 22.3 Å². The monoisotopic (exact) mass is 383 g/mol. The van der Waals surface area contributed by atoms with E-state index >= 15 is 0 Å². The van der Waals surface area contributed by atoms with Gasteiger partial charge < -0.3 is 15.2 Å². The summed E-state index contributed by atoms with van der Waals surface area (Å²) < 4.78 is 3.63. The second kappa shape index (κ2) is 6.99. The minimum Gasteiger partial charge on any atom is -0.385 e. The highest BCUT2D eigenvalue weighted by Gasteiger charge is 2.18. The first-order valence-electron chi connectivity index (χ1n) is 8.62. The lowest BCUT2D eigenvalue weighted by molar-refractivity contribution is 0.576. The van der Waals surface area contributed by atoms with Gasteiger partial charge in [-0.05, 0) is 55.3 Å². The molecule has 24 heavy (non-hydrogen) atoms. The van der Waals surface area contributed by atoms with E-state index in [2.05, 4.69) is 79.7 Å². The van der Waals surface area contributed by atoms with Crippen LogP contribution < -0.4 is 10.6 Å². The molecule has 2 heterocycles. The summed E-state index contributed by atoms with van der Waals surface area (Å²) in [5.41, 5.74) is 5.59. The quantitative estimate of drug-likeness (QED) is 0.632. The number of hydrogen-bond donors (Lipinski definition) is 2. The summed E-state index contributed by atoms with van der Waals surface area (Å²) in [7, 11) is 0. The predicted octanol–water partition coefficient (Wildman–Crippen LogP) is 4.55. The Bertz CT molecular complexity index is 836. The van der Waals surface area contributed by atoms with Crippen molar-refractivity contribution in [3.63, 3.8) is 0 Å². The number of aryl methyl sites for hydroxylation is 1. The van der Waals surface area contributed by atoms with E-state index in [9.17, 15) is 0 Å². The molecule has 0 spiro atoms. The lowest BCUT2D eigenvalue weighted by Crippen LogP contribution is -2.25. The van der Waals surface area contributed by atoms with Crippen molar-refractivity contribution in [3.8, 4) is 0 Å². The third-order valence-corrected chi connectivity index (χ3v) is 5.30. The summed E-state index contributed by atoms with van der Waals surface area (Å²) in [6.45, 7) is 4.12. The molecular weight excluding hydrogens is 362 g/mol. The van der Waals surface area contributed by atoms with Crippen LogP contribution in [-0.4, -0.2) is 17.7 Å². The Balaban J connectivity index is 1.47. The van der Waals surface area contributed by atoms with Gasteiger partial charge in [0.2, 0.25) is 0 Å². The fourth-order valence-electron chi connectivity index (χ4n) is 3.62. The lowest BCUT2D eigenvalue weighted by Gasteiger charge is -2.17. The van der Waals surface area contributed by atoms with Crippen LogP contribution in [-0.2, 0) is 19.5 Å². The predicted molar refractivity (Wildman–Crippen MR) is 105 cm³/mol. The first-order valence-corrected chi connectivity index (χ1v) is 9.41. The minimum atomic E-state index is 0.982. The van der Waals surface area contributed by atoms with Crippen molar-refractivity contribution in [2.75, 3.05) is 18.4 Å². The molecule has 3 nitrogen and oxygen atoms in total. The number of benzene rings is 2. The van der Waals surface area contributed by atoms with Crippen LogP contribution in [0, 0.1) is 0 Å². The van der Waals surface area contributed by atoms with Gasteiger partial charge in [-0.1, -0.05) is 34.1 Å². The van der Waals surface area contributed by atoms with Crippen LogP contribution in [0.2, 0.25) is 0 Å². The average molecular weight is 384 g/mol. The van der Waals surface area contributed by atoms with E-state index < -0.39 is 0 Å². The van der Waals surface area contributed by atoms with Crippen molar-refractivity contribution in [3.05, 3.63) is 64.3 Å². The van der Waals surface area contributed by atoms with Gasteiger partial charge in [-0.25, -0.2) is 0 Å². The molecule has 1 aliphatic heterocycles. The number of nitrogens with zero attached hydrogens (tertiary/aromatic N) is 1. The molecule has 124 valence electrons. The zero-order valence-electron chi connectivity index (χ0n) is 13.7. The zero-order chi connectivity index (χ0) is 16.4. The van der Waals surface area contributed by atoms with Crippen LogP contribution in [0.1, 0.15) is 17.7 Å². The molecule has 2 N–H and O–H groups in total. The third-order valence-electron chi connectivity index (χ3n) is 4.77. The molecule has 0 aliphatic carbocycles. The largest absolute Gasteiger partial charge is 0.385 e. The zero-order valence-corrected chi connectivity index (χ0v) is 15.3. The molecule has 0 radical (unpaired) electrons. The van der Waals surface area contributed by atoms with Crippen LogP contribution in [0.25, 0.3) is 10.9 Å². The number of rotatable bonds is 5. The Kier molecular flexibility index (Phi) is 4.58. The molecule has 1 aliphatic rings. The molecule has 0 saturated heterocycles. The molecule has 2 aromatic carbocycles. The van der Waals surface area contributed by atoms with E-state index in [-0.39, 0.29) is 0 Å². The smallest absolute Gasteiger partial charge is 0.0485 e. The van der Waals surface area contributed by atoms with Crippen LogP contribution in [0.15, 0.2) is 53.0 Å². The van der Waals surface area contributed by atoms with Gasteiger partial charge in [-0.2, -0.15) is 0 Å². The van der Waals surface area contributed by atoms with E-state index in [1.54, 1.807) is 5.56 Å². The van der Waals surface area contributed by atoms with Crippen LogP contribution >= 0.6 is 15.9 Å². The molecule has 3 aromatic rings. The Morgan fingerprint density at radius 1 is 1.08 bits per heavy atom. The molecule has 0 amide bonds. The first-order chi connectivity index (χ1) is 11.8. The standard InChI is InChI=1S/C20H22BrN3/c21-15-6-8-16(9-7-15)23-11-3-13-24-19-5-2-1-4-17(19)18-10-12-22-14-20(18)24/h1-2,4-9,22-23H,3,10-14H2. The summed E-state index contributed by atoms with van der Waals surface area (Å²) in [5, 5.41) is 8.48. The van der Waals surface area contributed by atoms with Gasteiger partial charge in [0.1, 0.15) is 0 Å². The maximum absolute atomic E-state index is 3.52. The second-order valence-corrected chi connectivity index (χ2v) is 7.22. The average Bonchev–Trinajstić information content (AvgIpc) is 2.95. The maximum Gasteiger partial charge on any atom is 0.0485 e. The molecule has 1 aromatic heterocycles. The third kappa shape index (κ3) is 3.08. The highest BCUT2D eigenvalue weighted by Crippen LogP contribution is 2.28. The van der Waals surface area contributed by atoms with Crippen LogP contribution in [0.5, 0.6) is 0 Å². The van der Waals surface area contributed by atoms with E-state index in [0.717, 1.165) is 43.5 Å². The van der Waals surface area contributed by atoms with Gasteiger partial charge in [0, 0.05) is 46.4 Å². The summed E-state index contributed by atoms with van der Waals surface area (Å²) in [4.78, 5) is 0. The van der Waals surface area contributed by atoms with E-state index in [1.807, 2.05) is 0 Å². The van der Waals surface area contributed by atoms with Crippen molar-refractivity contribution in [2.24, 2.45) is 0 Å². The molecule has 4 rings (SSSR count). The molecule has 0 fully saturated rings. The Morgan fingerprint density at radius 3 is 2.79 bits per heavy atom. The summed E-state index contributed by atoms with van der Waals surface area (Å²) in [6, 6.07) is 17.2. The number of nitrogens with one attached hydrogen (secondary N) is 2. The van der Waals surface area contributed by atoms with Crippen molar-refractivity contribution in [1.82, 2.24) is 9.88 Å². The van der Waals surface area contributed by atoms with Gasteiger partial charge in [0.25, 0.3) is 0 Å². The molecule has 0 bridgehead atoms. The second-order valence-electron chi connectivity index (χ2n) is 6.31. The molecule has 0 unspecified atom stereocenters. The highest BCUT2D eigenvalue weighted by molar-refractivity contribution is 9.10. The van der Waals surface area contributed by atoms with Crippen molar-refractivity contribution in [1.29, 1.82) is 0 Å². The van der Waals surface area contributed by atoms with Gasteiger partial charge in [0.05, 0.1) is 0 Å². The summed E-state index contributed by atoms with van der Waals surface area (Å²) in [5.74, 6) is 0. The Hall–Kier alpha value is -1.78. The van der Waals surface area contributed by atoms with Gasteiger partial charge in [0.15, 0.2) is 0 Å². The number of para-hydroxylation sites is 1. The number of fused-ring (bicyclic) bond motifs is 3. The fourth-order valence-corrected chi connectivity index (χ4v) is 3.89. The van der Waals surface area contributed by atoms with Crippen LogP contribution in [0.4, 0.5) is 5.69 Å². The van der Waals surface area contributed by atoms with Crippen molar-refractivity contribution in [2.45, 2.75) is 25.9 Å². The fraction of sp³-hybridized carbons (Fsp3) is 0.300. The number of anilines is 1. The maximum atomic E-state index is 3.52. The summed E-state index contributed by atoms with van der Waals surface area (Å²) in [6.07, 6.45) is 2.25. The van der Waals surface area contributed by atoms with E-state index in [4.69, 9.17) is 0 Å². The normalized spacial score (nSPS) is 13.9. The highest BCUT2D eigenvalue weighted by atomic mass is 79.9. The number of hydrogen-bond acceptors (Lipinski definition) is 2. The SMILES string of the molecule is Brc1ccc(NCCCn2c3c(c4ccccc42)CCNC3)cc1. The topological polar surface area (TPSA) is 29.0 Å². The Morgan fingerprint density at radius 2 is 1.92 bits per heavy atom. The first kappa shape index (κ1) is 15.7. The van der Waals surface area contributed by atoms with Gasteiger partial charge in [-0.15, -0.1) is 0 Å². The van der Waals surface area contributed by atoms with Crippen LogP contribution in [0.3, 0.4) is 0 Å². The van der Waals surface area contributed by atoms with E-state index in [0.29, 0.717) is 0 Å². The molecule has 0 saturated carbocycles. The number of halogens is 1.